The first kappa shape index (κ1) is 21.8. The van der Waals surface area contributed by atoms with Crippen LogP contribution >= 0.6 is 0 Å². The number of halogens is 3. The van der Waals surface area contributed by atoms with Gasteiger partial charge in [0.15, 0.2) is 0 Å². The summed E-state index contributed by atoms with van der Waals surface area (Å²) in [6.07, 6.45) is -0.161. The smallest absolute Gasteiger partial charge is 0.416 e. The number of carbonyl (C=O) groups excluding carboxylic acids is 2. The van der Waals surface area contributed by atoms with Crippen LogP contribution in [0.5, 0.6) is 0 Å². The Morgan fingerprint density at radius 2 is 1.86 bits per heavy atom. The average Bonchev–Trinajstić information content (AvgIpc) is 3.18. The Bertz CT molecular complexity index is 674. The van der Waals surface area contributed by atoms with E-state index in [1.165, 1.54) is 13.2 Å². The summed E-state index contributed by atoms with van der Waals surface area (Å²) in [4.78, 5) is 25.1. The molecular weight excluding hydrogens is 375 g/mol. The van der Waals surface area contributed by atoms with Crippen LogP contribution in [0.4, 0.5) is 29.3 Å². The fraction of sp³-hybridized carbons (Fsp3) is 0.579. The maximum atomic E-state index is 13.0. The molecule has 2 rings (SSSR count). The van der Waals surface area contributed by atoms with Crippen molar-refractivity contribution in [3.8, 4) is 0 Å². The Kier molecular flexibility index (Phi) is 7.95. The molecule has 0 aromatic heterocycles. The van der Waals surface area contributed by atoms with E-state index < -0.39 is 17.8 Å². The molecule has 9 heteroatoms. The number of ether oxygens (including phenoxy) is 1. The van der Waals surface area contributed by atoms with E-state index in [4.69, 9.17) is 0 Å². The second-order valence-corrected chi connectivity index (χ2v) is 6.69. The molecule has 1 saturated heterocycles. The molecule has 1 heterocycles. The summed E-state index contributed by atoms with van der Waals surface area (Å²) < 4.78 is 43.7. The van der Waals surface area contributed by atoms with E-state index in [1.807, 2.05) is 4.90 Å². The number of benzene rings is 1. The van der Waals surface area contributed by atoms with Gasteiger partial charge in [0.05, 0.1) is 24.0 Å². The van der Waals surface area contributed by atoms with Crippen LogP contribution in [0.3, 0.4) is 0 Å². The summed E-state index contributed by atoms with van der Waals surface area (Å²) in [5.41, 5.74) is -0.0489. The number of urea groups is 1. The Morgan fingerprint density at radius 1 is 1.14 bits per heavy atom. The predicted molar refractivity (Wildman–Crippen MR) is 100 cm³/mol. The molecule has 1 fully saturated rings. The van der Waals surface area contributed by atoms with Gasteiger partial charge >= 0.3 is 18.2 Å². The number of carbonyl (C=O) groups is 2. The first-order valence-corrected chi connectivity index (χ1v) is 9.39. The number of esters is 1. The molecular formula is C19H26F3N3O3. The molecule has 0 saturated carbocycles. The van der Waals surface area contributed by atoms with Crippen molar-refractivity contribution in [3.05, 3.63) is 23.8 Å². The summed E-state index contributed by atoms with van der Waals surface area (Å²) in [6.45, 7) is 1.87. The highest BCUT2D eigenvalue weighted by atomic mass is 19.4. The minimum absolute atomic E-state index is 0.153. The molecule has 28 heavy (non-hydrogen) atoms. The van der Waals surface area contributed by atoms with Gasteiger partial charge in [0.2, 0.25) is 0 Å². The van der Waals surface area contributed by atoms with Gasteiger partial charge in [-0.05, 0) is 43.9 Å². The summed E-state index contributed by atoms with van der Waals surface area (Å²) in [5.74, 6) is -0.273. The van der Waals surface area contributed by atoms with Crippen LogP contribution in [-0.4, -0.2) is 38.7 Å². The minimum Gasteiger partial charge on any atom is -0.469 e. The number of nitrogens with one attached hydrogen (secondary N) is 2. The lowest BCUT2D eigenvalue weighted by Gasteiger charge is -2.23. The van der Waals surface area contributed by atoms with Crippen molar-refractivity contribution in [2.24, 2.45) is 0 Å². The lowest BCUT2D eigenvalue weighted by molar-refractivity contribution is -0.140. The van der Waals surface area contributed by atoms with E-state index in [9.17, 15) is 22.8 Å². The number of alkyl halides is 3. The molecule has 0 atom stereocenters. The van der Waals surface area contributed by atoms with Gasteiger partial charge in [-0.2, -0.15) is 13.2 Å². The van der Waals surface area contributed by atoms with Crippen molar-refractivity contribution in [3.63, 3.8) is 0 Å². The van der Waals surface area contributed by atoms with Crippen LogP contribution in [-0.2, 0) is 15.7 Å². The summed E-state index contributed by atoms with van der Waals surface area (Å²) >= 11 is 0. The van der Waals surface area contributed by atoms with E-state index in [0.717, 1.165) is 44.5 Å². The highest BCUT2D eigenvalue weighted by Crippen LogP contribution is 2.36. The Morgan fingerprint density at radius 3 is 2.50 bits per heavy atom. The lowest BCUT2D eigenvalue weighted by Crippen LogP contribution is -2.31. The number of rotatable bonds is 8. The van der Waals surface area contributed by atoms with E-state index in [0.29, 0.717) is 31.5 Å². The van der Waals surface area contributed by atoms with E-state index in [-0.39, 0.29) is 11.7 Å². The summed E-state index contributed by atoms with van der Waals surface area (Å²) in [6, 6.07) is 2.88. The summed E-state index contributed by atoms with van der Waals surface area (Å²) in [7, 11) is 1.33. The molecule has 1 aliphatic heterocycles. The van der Waals surface area contributed by atoms with Gasteiger partial charge in [-0.15, -0.1) is 0 Å². The molecule has 2 amide bonds. The molecule has 1 aromatic carbocycles. The molecule has 1 aliphatic rings. The van der Waals surface area contributed by atoms with Gasteiger partial charge in [0, 0.05) is 26.1 Å². The summed E-state index contributed by atoms with van der Waals surface area (Å²) in [5, 5.41) is 5.20. The lowest BCUT2D eigenvalue weighted by atomic mass is 10.1. The zero-order valence-electron chi connectivity index (χ0n) is 15.9. The highest BCUT2D eigenvalue weighted by Gasteiger charge is 2.32. The SMILES string of the molecule is COC(=O)CCCCCNC(=O)Nc1cc(C(F)(F)F)ccc1N1CCCC1. The van der Waals surface area contributed by atoms with Crippen molar-refractivity contribution in [2.45, 2.75) is 44.7 Å². The van der Waals surface area contributed by atoms with Crippen molar-refractivity contribution in [1.82, 2.24) is 5.32 Å². The monoisotopic (exact) mass is 401 g/mol. The molecule has 1 aromatic rings. The number of anilines is 2. The van der Waals surface area contributed by atoms with Gasteiger partial charge in [-0.3, -0.25) is 4.79 Å². The van der Waals surface area contributed by atoms with E-state index in [1.54, 1.807) is 0 Å². The molecule has 0 bridgehead atoms. The second-order valence-electron chi connectivity index (χ2n) is 6.69. The van der Waals surface area contributed by atoms with Gasteiger partial charge in [-0.1, -0.05) is 6.42 Å². The van der Waals surface area contributed by atoms with Crippen molar-refractivity contribution < 1.29 is 27.5 Å². The fourth-order valence-corrected chi connectivity index (χ4v) is 3.09. The van der Waals surface area contributed by atoms with Crippen molar-refractivity contribution in [2.75, 3.05) is 37.0 Å². The van der Waals surface area contributed by atoms with Crippen LogP contribution in [0.15, 0.2) is 18.2 Å². The van der Waals surface area contributed by atoms with Crippen molar-refractivity contribution >= 4 is 23.4 Å². The molecule has 0 spiro atoms. The highest BCUT2D eigenvalue weighted by molar-refractivity contribution is 5.93. The van der Waals surface area contributed by atoms with Gasteiger partial charge in [0.1, 0.15) is 0 Å². The first-order valence-electron chi connectivity index (χ1n) is 9.39. The quantitative estimate of drug-likeness (QED) is 0.507. The minimum atomic E-state index is -4.48. The third kappa shape index (κ3) is 6.61. The molecule has 156 valence electrons. The second kappa shape index (κ2) is 10.2. The number of nitrogens with zero attached hydrogens (tertiary/aromatic N) is 1. The predicted octanol–water partition coefficient (Wildman–Crippen LogP) is 4.16. The van der Waals surface area contributed by atoms with Crippen LogP contribution in [0.25, 0.3) is 0 Å². The molecule has 0 unspecified atom stereocenters. The van der Waals surface area contributed by atoms with Crippen LogP contribution < -0.4 is 15.5 Å². The van der Waals surface area contributed by atoms with Gasteiger partial charge < -0.3 is 20.3 Å². The Labute approximate surface area is 162 Å². The molecule has 2 N–H and O–H groups in total. The zero-order chi connectivity index (χ0) is 20.6. The number of hydrogen-bond acceptors (Lipinski definition) is 4. The van der Waals surface area contributed by atoms with Gasteiger partial charge in [-0.25, -0.2) is 4.79 Å². The fourth-order valence-electron chi connectivity index (χ4n) is 3.09. The molecule has 6 nitrogen and oxygen atoms in total. The Balaban J connectivity index is 1.91. The third-order valence-corrected chi connectivity index (χ3v) is 4.59. The normalized spacial score (nSPS) is 14.1. The topological polar surface area (TPSA) is 70.7 Å². The van der Waals surface area contributed by atoms with Crippen molar-refractivity contribution in [1.29, 1.82) is 0 Å². The zero-order valence-corrected chi connectivity index (χ0v) is 15.9. The number of amides is 2. The molecule has 0 aliphatic carbocycles. The maximum Gasteiger partial charge on any atom is 0.416 e. The maximum absolute atomic E-state index is 13.0. The third-order valence-electron chi connectivity index (χ3n) is 4.59. The first-order chi connectivity index (χ1) is 13.3. The van der Waals surface area contributed by atoms with Gasteiger partial charge in [0.25, 0.3) is 0 Å². The average molecular weight is 401 g/mol. The number of methoxy groups -OCH3 is 1. The van der Waals surface area contributed by atoms with E-state index >= 15 is 0 Å². The molecule has 0 radical (unpaired) electrons. The Hall–Kier alpha value is -2.45. The van der Waals surface area contributed by atoms with Crippen LogP contribution in [0.1, 0.15) is 44.1 Å². The van der Waals surface area contributed by atoms with E-state index in [2.05, 4.69) is 15.4 Å². The standard InChI is InChI=1S/C19H26F3N3O3/c1-28-17(26)7-3-2-4-10-23-18(27)24-15-13-14(19(20,21)22)8-9-16(15)25-11-5-6-12-25/h8-9,13H,2-7,10-12H2,1H3,(H2,23,24,27). The number of unbranched alkanes of at least 4 members (excludes halogenated alkanes) is 2. The number of hydrogen-bond donors (Lipinski definition) is 2. The van der Waals surface area contributed by atoms with Crippen LogP contribution in [0, 0.1) is 0 Å². The largest absolute Gasteiger partial charge is 0.469 e. The van der Waals surface area contributed by atoms with Crippen LogP contribution in [0.2, 0.25) is 0 Å².